The molecular weight excluding hydrogens is 356 g/mol. The summed E-state index contributed by atoms with van der Waals surface area (Å²) in [5.41, 5.74) is 0. The minimum atomic E-state index is -0.915. The van der Waals surface area contributed by atoms with Crippen molar-refractivity contribution >= 4 is 39.1 Å². The van der Waals surface area contributed by atoms with Gasteiger partial charge in [0.25, 0.3) is 0 Å². The molecule has 0 spiro atoms. The second-order valence-electron chi connectivity index (χ2n) is 5.06. The van der Waals surface area contributed by atoms with Gasteiger partial charge in [-0.1, -0.05) is 20.3 Å². The predicted molar refractivity (Wildman–Crippen MR) is 87.4 cm³/mol. The second-order valence-corrected chi connectivity index (χ2v) is 6.97. The van der Waals surface area contributed by atoms with E-state index in [0.717, 1.165) is 15.8 Å². The molecule has 0 aromatic carbocycles. The van der Waals surface area contributed by atoms with E-state index in [-0.39, 0.29) is 18.4 Å². The molecule has 21 heavy (non-hydrogen) atoms. The van der Waals surface area contributed by atoms with Crippen molar-refractivity contribution in [2.45, 2.75) is 32.9 Å². The predicted octanol–water partition coefficient (Wildman–Crippen LogP) is 2.56. The average molecular weight is 377 g/mol. The van der Waals surface area contributed by atoms with Gasteiger partial charge < -0.3 is 10.0 Å². The molecule has 0 unspecified atom stereocenters. The number of aliphatic carboxylic acids is 1. The number of rotatable bonds is 8. The van der Waals surface area contributed by atoms with Gasteiger partial charge in [-0.05, 0) is 27.9 Å². The highest BCUT2D eigenvalue weighted by molar-refractivity contribution is 9.10. The summed E-state index contributed by atoms with van der Waals surface area (Å²) >= 11 is 4.96. The number of carboxylic acid groups (broad SMARTS) is 1. The van der Waals surface area contributed by atoms with E-state index in [9.17, 15) is 14.7 Å². The molecular formula is C14H21BrN2O3S. The van der Waals surface area contributed by atoms with Crippen molar-refractivity contribution in [2.75, 3.05) is 13.6 Å². The number of hydrogen-bond donors (Lipinski definition) is 2. The van der Waals surface area contributed by atoms with Crippen molar-refractivity contribution in [3.63, 3.8) is 0 Å². The molecule has 0 saturated heterocycles. The Morgan fingerprint density at radius 3 is 2.67 bits per heavy atom. The summed E-state index contributed by atoms with van der Waals surface area (Å²) in [6.45, 7) is 4.36. The highest BCUT2D eigenvalue weighted by Crippen LogP contribution is 2.20. The Morgan fingerprint density at radius 1 is 1.52 bits per heavy atom. The monoisotopic (exact) mass is 376 g/mol. The second kappa shape index (κ2) is 8.51. The first-order chi connectivity index (χ1) is 9.85. The van der Waals surface area contributed by atoms with Crippen LogP contribution < -0.4 is 5.32 Å². The zero-order valence-electron chi connectivity index (χ0n) is 12.4. The lowest BCUT2D eigenvalue weighted by atomic mass is 9.99. The molecule has 0 aliphatic rings. The van der Waals surface area contributed by atoms with E-state index in [1.807, 2.05) is 25.3 Å². The van der Waals surface area contributed by atoms with Gasteiger partial charge in [0.1, 0.15) is 6.04 Å². The molecule has 1 amide bonds. The van der Waals surface area contributed by atoms with Crippen LogP contribution in [0.5, 0.6) is 0 Å². The van der Waals surface area contributed by atoms with E-state index in [1.54, 1.807) is 23.3 Å². The lowest BCUT2D eigenvalue weighted by molar-refractivity contribution is -0.141. The third-order valence-electron chi connectivity index (χ3n) is 3.39. The van der Waals surface area contributed by atoms with Crippen molar-refractivity contribution in [1.82, 2.24) is 10.2 Å². The van der Waals surface area contributed by atoms with Crippen LogP contribution in [-0.4, -0.2) is 41.5 Å². The van der Waals surface area contributed by atoms with Crippen LogP contribution in [0.15, 0.2) is 15.9 Å². The number of nitrogens with zero attached hydrogens (tertiary/aromatic N) is 1. The lowest BCUT2D eigenvalue weighted by Gasteiger charge is -2.22. The van der Waals surface area contributed by atoms with Gasteiger partial charge >= 0.3 is 5.97 Å². The van der Waals surface area contributed by atoms with Crippen LogP contribution in [0, 0.1) is 5.92 Å². The Morgan fingerprint density at radius 2 is 2.19 bits per heavy atom. The summed E-state index contributed by atoms with van der Waals surface area (Å²) in [5.74, 6) is -1.05. The number of thiophene rings is 1. The third-order valence-corrected chi connectivity index (χ3v) is 5.08. The summed E-state index contributed by atoms with van der Waals surface area (Å²) in [5, 5.41) is 14.0. The first-order valence-corrected chi connectivity index (χ1v) is 8.45. The SMILES string of the molecule is CC[C@H](C)[C@H](NCC(=O)N(C)Cc1cc(Br)cs1)C(=O)O. The van der Waals surface area contributed by atoms with Crippen molar-refractivity contribution in [2.24, 2.45) is 5.92 Å². The van der Waals surface area contributed by atoms with Gasteiger partial charge in [-0.2, -0.15) is 0 Å². The Hall–Kier alpha value is -0.920. The normalized spacial score (nSPS) is 13.7. The largest absolute Gasteiger partial charge is 0.480 e. The highest BCUT2D eigenvalue weighted by Gasteiger charge is 2.24. The number of halogens is 1. The number of amides is 1. The zero-order valence-corrected chi connectivity index (χ0v) is 14.8. The molecule has 0 aliphatic carbocycles. The van der Waals surface area contributed by atoms with Gasteiger partial charge in [0, 0.05) is 21.8 Å². The number of carboxylic acids is 1. The first kappa shape index (κ1) is 18.1. The lowest BCUT2D eigenvalue weighted by Crippen LogP contribution is -2.46. The molecule has 1 heterocycles. The minimum absolute atomic E-state index is 0.0196. The Balaban J connectivity index is 2.49. The van der Waals surface area contributed by atoms with Gasteiger partial charge in [-0.3, -0.25) is 14.9 Å². The van der Waals surface area contributed by atoms with E-state index in [1.165, 1.54) is 0 Å². The number of carbonyl (C=O) groups is 2. The zero-order chi connectivity index (χ0) is 16.0. The van der Waals surface area contributed by atoms with Crippen LogP contribution in [0.4, 0.5) is 0 Å². The fourth-order valence-corrected chi connectivity index (χ4v) is 3.36. The average Bonchev–Trinajstić information content (AvgIpc) is 2.83. The third kappa shape index (κ3) is 5.76. The van der Waals surface area contributed by atoms with Gasteiger partial charge in [0.15, 0.2) is 0 Å². The summed E-state index contributed by atoms with van der Waals surface area (Å²) < 4.78 is 1.00. The summed E-state index contributed by atoms with van der Waals surface area (Å²) in [6, 6.07) is 1.28. The van der Waals surface area contributed by atoms with Gasteiger partial charge in [0.2, 0.25) is 5.91 Å². The van der Waals surface area contributed by atoms with Gasteiger partial charge in [-0.15, -0.1) is 11.3 Å². The molecule has 0 fully saturated rings. The highest BCUT2D eigenvalue weighted by atomic mass is 79.9. The van der Waals surface area contributed by atoms with Crippen LogP contribution in [0.25, 0.3) is 0 Å². The molecule has 118 valence electrons. The van der Waals surface area contributed by atoms with Crippen molar-refractivity contribution in [3.8, 4) is 0 Å². The van der Waals surface area contributed by atoms with E-state index < -0.39 is 12.0 Å². The maximum absolute atomic E-state index is 12.1. The number of hydrogen-bond acceptors (Lipinski definition) is 4. The Labute approximate surface area is 137 Å². The molecule has 0 aliphatic heterocycles. The fourth-order valence-electron chi connectivity index (χ4n) is 1.86. The van der Waals surface area contributed by atoms with E-state index in [2.05, 4.69) is 21.2 Å². The number of carbonyl (C=O) groups excluding carboxylic acids is 1. The summed E-state index contributed by atoms with van der Waals surface area (Å²) in [6.07, 6.45) is 0.747. The molecule has 0 bridgehead atoms. The fraction of sp³-hybridized carbons (Fsp3) is 0.571. The molecule has 1 aromatic heterocycles. The van der Waals surface area contributed by atoms with Crippen molar-refractivity contribution in [1.29, 1.82) is 0 Å². The van der Waals surface area contributed by atoms with Crippen LogP contribution in [-0.2, 0) is 16.1 Å². The topological polar surface area (TPSA) is 69.6 Å². The molecule has 2 atom stereocenters. The minimum Gasteiger partial charge on any atom is -0.480 e. The summed E-state index contributed by atoms with van der Waals surface area (Å²) in [4.78, 5) is 25.9. The molecule has 2 N–H and O–H groups in total. The standard InChI is InChI=1S/C14H21BrN2O3S/c1-4-9(2)13(14(19)20)16-6-12(18)17(3)7-11-5-10(15)8-21-11/h5,8-9,13,16H,4,6-7H2,1-3H3,(H,19,20)/t9-,13-/m0/s1. The molecule has 7 heteroatoms. The molecule has 5 nitrogen and oxygen atoms in total. The van der Waals surface area contributed by atoms with Crippen LogP contribution in [0.1, 0.15) is 25.1 Å². The maximum Gasteiger partial charge on any atom is 0.320 e. The van der Waals surface area contributed by atoms with Gasteiger partial charge in [0.05, 0.1) is 13.1 Å². The van der Waals surface area contributed by atoms with Crippen LogP contribution >= 0.6 is 27.3 Å². The van der Waals surface area contributed by atoms with Crippen LogP contribution in [0.2, 0.25) is 0 Å². The Kier molecular flexibility index (Phi) is 7.34. The summed E-state index contributed by atoms with van der Waals surface area (Å²) in [7, 11) is 1.72. The van der Waals surface area contributed by atoms with E-state index in [0.29, 0.717) is 6.54 Å². The van der Waals surface area contributed by atoms with Crippen LogP contribution in [0.3, 0.4) is 0 Å². The maximum atomic E-state index is 12.1. The molecule has 0 saturated carbocycles. The molecule has 1 rings (SSSR count). The van der Waals surface area contributed by atoms with Gasteiger partial charge in [-0.25, -0.2) is 0 Å². The molecule has 0 radical (unpaired) electrons. The van der Waals surface area contributed by atoms with E-state index in [4.69, 9.17) is 0 Å². The first-order valence-electron chi connectivity index (χ1n) is 6.78. The van der Waals surface area contributed by atoms with E-state index >= 15 is 0 Å². The number of nitrogens with one attached hydrogen (secondary N) is 1. The quantitative estimate of drug-likeness (QED) is 0.731. The van der Waals surface area contributed by atoms with Crippen molar-refractivity contribution in [3.05, 3.63) is 20.8 Å². The smallest absolute Gasteiger partial charge is 0.320 e. The molecule has 1 aromatic rings. The Bertz CT molecular complexity index is 492. The van der Waals surface area contributed by atoms with Crippen molar-refractivity contribution < 1.29 is 14.7 Å². The number of likely N-dealkylation sites (N-methyl/N-ethyl adjacent to an activating group) is 1.